The molecule has 88 valence electrons. The van der Waals surface area contributed by atoms with Gasteiger partial charge in [-0.3, -0.25) is 9.89 Å². The van der Waals surface area contributed by atoms with Crippen molar-refractivity contribution in [2.75, 3.05) is 7.11 Å². The number of benzene rings is 1. The van der Waals surface area contributed by atoms with Crippen LogP contribution in [0.3, 0.4) is 0 Å². The van der Waals surface area contributed by atoms with E-state index in [1.165, 1.54) is 6.92 Å². The molecule has 1 aromatic carbocycles. The molecule has 0 atom stereocenters. The Morgan fingerprint density at radius 3 is 2.88 bits per heavy atom. The minimum atomic E-state index is -0.0295. The number of ether oxygens (including phenoxy) is 1. The van der Waals surface area contributed by atoms with E-state index in [-0.39, 0.29) is 5.78 Å². The van der Waals surface area contributed by atoms with Crippen molar-refractivity contribution in [3.8, 4) is 5.75 Å². The number of H-pyrrole nitrogens is 1. The molecule has 0 saturated heterocycles. The molecule has 0 aliphatic heterocycles. The van der Waals surface area contributed by atoms with Crippen molar-refractivity contribution in [1.82, 2.24) is 10.2 Å². The van der Waals surface area contributed by atoms with Gasteiger partial charge in [-0.1, -0.05) is 12.1 Å². The Bertz CT molecular complexity index is 532. The Hall–Kier alpha value is -2.10. The van der Waals surface area contributed by atoms with Gasteiger partial charge in [0.05, 0.1) is 7.11 Å². The number of Topliss-reactive ketones (excluding diaryl/α,β-unsaturated/α-hetero) is 1. The third-order valence-electron chi connectivity index (χ3n) is 2.52. The maximum absolute atomic E-state index is 11.1. The first kappa shape index (κ1) is 11.4. The Labute approximate surface area is 99.6 Å². The Morgan fingerprint density at radius 2 is 2.24 bits per heavy atom. The summed E-state index contributed by atoms with van der Waals surface area (Å²) in [6.07, 6.45) is 0.706. The molecule has 17 heavy (non-hydrogen) atoms. The number of hydrogen-bond donors (Lipinski definition) is 1. The van der Waals surface area contributed by atoms with Gasteiger partial charge in [-0.15, -0.1) is 0 Å². The summed E-state index contributed by atoms with van der Waals surface area (Å²) in [6, 6.07) is 9.60. The van der Waals surface area contributed by atoms with Crippen molar-refractivity contribution in [2.45, 2.75) is 13.3 Å². The smallest absolute Gasteiger partial charge is 0.179 e. The van der Waals surface area contributed by atoms with Crippen LogP contribution in [0, 0.1) is 0 Å². The SMILES string of the molecule is COc1cccc(Cc2cc(C(C)=O)n[nH]2)c1. The fourth-order valence-corrected chi connectivity index (χ4v) is 1.63. The maximum atomic E-state index is 11.1. The van der Waals surface area contributed by atoms with Crippen LogP contribution in [0.4, 0.5) is 0 Å². The highest BCUT2D eigenvalue weighted by Gasteiger charge is 2.06. The first-order valence-corrected chi connectivity index (χ1v) is 5.37. The van der Waals surface area contributed by atoms with Gasteiger partial charge in [0.15, 0.2) is 5.78 Å². The van der Waals surface area contributed by atoms with E-state index in [1.807, 2.05) is 24.3 Å². The number of carbonyl (C=O) groups excluding carboxylic acids is 1. The van der Waals surface area contributed by atoms with Crippen molar-refractivity contribution in [3.63, 3.8) is 0 Å². The lowest BCUT2D eigenvalue weighted by Crippen LogP contribution is -1.90. The summed E-state index contributed by atoms with van der Waals surface area (Å²) >= 11 is 0. The van der Waals surface area contributed by atoms with E-state index in [2.05, 4.69) is 10.2 Å². The zero-order valence-electron chi connectivity index (χ0n) is 9.86. The summed E-state index contributed by atoms with van der Waals surface area (Å²) in [5, 5.41) is 6.81. The van der Waals surface area contributed by atoms with Crippen LogP contribution >= 0.6 is 0 Å². The highest BCUT2D eigenvalue weighted by Crippen LogP contribution is 2.15. The summed E-state index contributed by atoms with van der Waals surface area (Å²) in [6.45, 7) is 1.51. The van der Waals surface area contributed by atoms with E-state index in [0.717, 1.165) is 17.0 Å². The van der Waals surface area contributed by atoms with E-state index < -0.39 is 0 Å². The van der Waals surface area contributed by atoms with Crippen molar-refractivity contribution in [1.29, 1.82) is 0 Å². The average Bonchev–Trinajstić information content (AvgIpc) is 2.78. The summed E-state index contributed by atoms with van der Waals surface area (Å²) in [5.41, 5.74) is 2.51. The number of hydrogen-bond acceptors (Lipinski definition) is 3. The monoisotopic (exact) mass is 230 g/mol. The molecule has 4 nitrogen and oxygen atoms in total. The molecule has 0 saturated carbocycles. The van der Waals surface area contributed by atoms with Gasteiger partial charge < -0.3 is 4.74 Å². The fraction of sp³-hybridized carbons (Fsp3) is 0.231. The number of rotatable bonds is 4. The summed E-state index contributed by atoms with van der Waals surface area (Å²) in [5.74, 6) is 0.798. The lowest BCUT2D eigenvalue weighted by molar-refractivity contribution is 0.101. The molecule has 0 aliphatic carbocycles. The van der Waals surface area contributed by atoms with Crippen molar-refractivity contribution < 1.29 is 9.53 Å². The number of carbonyl (C=O) groups is 1. The van der Waals surface area contributed by atoms with Gasteiger partial charge >= 0.3 is 0 Å². The molecule has 0 radical (unpaired) electrons. The topological polar surface area (TPSA) is 55.0 Å². The molecule has 0 unspecified atom stereocenters. The van der Waals surface area contributed by atoms with E-state index in [9.17, 15) is 4.79 Å². The lowest BCUT2D eigenvalue weighted by Gasteiger charge is -2.02. The van der Waals surface area contributed by atoms with Gasteiger partial charge in [0.2, 0.25) is 0 Å². The Kier molecular flexibility index (Phi) is 3.23. The zero-order chi connectivity index (χ0) is 12.3. The first-order chi connectivity index (χ1) is 8.19. The van der Waals surface area contributed by atoms with Crippen LogP contribution in [0.15, 0.2) is 30.3 Å². The predicted octanol–water partition coefficient (Wildman–Crippen LogP) is 2.21. The van der Waals surface area contributed by atoms with Gasteiger partial charge in [0.1, 0.15) is 11.4 Å². The standard InChI is InChI=1S/C13H14N2O2/c1-9(16)13-8-11(14-15-13)6-10-4-3-5-12(7-10)17-2/h3-5,7-8H,6H2,1-2H3,(H,14,15). The van der Waals surface area contributed by atoms with Crippen LogP contribution in [0.5, 0.6) is 5.75 Å². The minimum absolute atomic E-state index is 0.0295. The van der Waals surface area contributed by atoms with E-state index >= 15 is 0 Å². The minimum Gasteiger partial charge on any atom is -0.497 e. The maximum Gasteiger partial charge on any atom is 0.179 e. The van der Waals surface area contributed by atoms with Crippen LogP contribution in [-0.2, 0) is 6.42 Å². The van der Waals surface area contributed by atoms with Crippen LogP contribution in [0.25, 0.3) is 0 Å². The molecule has 1 N–H and O–H groups in total. The number of nitrogens with one attached hydrogen (secondary N) is 1. The molecule has 0 aliphatic rings. The molecule has 2 aromatic rings. The van der Waals surface area contributed by atoms with Gasteiger partial charge in [-0.25, -0.2) is 0 Å². The van der Waals surface area contributed by atoms with Gasteiger partial charge in [0, 0.05) is 19.0 Å². The average molecular weight is 230 g/mol. The number of aromatic amines is 1. The van der Waals surface area contributed by atoms with Crippen LogP contribution in [0.1, 0.15) is 28.7 Å². The zero-order valence-corrected chi connectivity index (χ0v) is 9.86. The normalized spacial score (nSPS) is 10.2. The summed E-state index contributed by atoms with van der Waals surface area (Å²) in [4.78, 5) is 11.1. The molecule has 2 rings (SSSR count). The second-order valence-electron chi connectivity index (χ2n) is 3.86. The lowest BCUT2D eigenvalue weighted by atomic mass is 10.1. The number of aromatic nitrogens is 2. The van der Waals surface area contributed by atoms with Gasteiger partial charge in [-0.05, 0) is 23.8 Å². The molecule has 1 aromatic heterocycles. The first-order valence-electron chi connectivity index (χ1n) is 5.37. The number of methoxy groups -OCH3 is 1. The third kappa shape index (κ3) is 2.72. The fourth-order valence-electron chi connectivity index (χ4n) is 1.63. The largest absolute Gasteiger partial charge is 0.497 e. The molecule has 0 spiro atoms. The molecule has 0 bridgehead atoms. The Morgan fingerprint density at radius 1 is 1.41 bits per heavy atom. The van der Waals surface area contributed by atoms with Crippen molar-refractivity contribution in [2.24, 2.45) is 0 Å². The quantitative estimate of drug-likeness (QED) is 0.819. The third-order valence-corrected chi connectivity index (χ3v) is 2.52. The second-order valence-corrected chi connectivity index (χ2v) is 3.86. The van der Waals surface area contributed by atoms with Crippen molar-refractivity contribution >= 4 is 5.78 Å². The highest BCUT2D eigenvalue weighted by atomic mass is 16.5. The van der Waals surface area contributed by atoms with E-state index in [1.54, 1.807) is 13.2 Å². The summed E-state index contributed by atoms with van der Waals surface area (Å²) in [7, 11) is 1.64. The van der Waals surface area contributed by atoms with Crippen LogP contribution in [0.2, 0.25) is 0 Å². The molecule has 4 heteroatoms. The van der Waals surface area contributed by atoms with E-state index in [0.29, 0.717) is 12.1 Å². The second kappa shape index (κ2) is 4.82. The van der Waals surface area contributed by atoms with Crippen molar-refractivity contribution in [3.05, 3.63) is 47.3 Å². The number of nitrogens with zero attached hydrogens (tertiary/aromatic N) is 1. The highest BCUT2D eigenvalue weighted by molar-refractivity contribution is 5.92. The molecule has 0 fully saturated rings. The van der Waals surface area contributed by atoms with E-state index in [4.69, 9.17) is 4.74 Å². The number of ketones is 1. The van der Waals surface area contributed by atoms with Crippen LogP contribution in [-0.4, -0.2) is 23.1 Å². The molecule has 0 amide bonds. The Balaban J connectivity index is 2.16. The van der Waals surface area contributed by atoms with Crippen LogP contribution < -0.4 is 4.74 Å². The summed E-state index contributed by atoms with van der Waals surface area (Å²) < 4.78 is 5.16. The van der Waals surface area contributed by atoms with Gasteiger partial charge in [-0.2, -0.15) is 5.10 Å². The molecular weight excluding hydrogens is 216 g/mol. The molecular formula is C13H14N2O2. The predicted molar refractivity (Wildman–Crippen MR) is 64.4 cm³/mol. The van der Waals surface area contributed by atoms with Gasteiger partial charge in [0.25, 0.3) is 0 Å². The molecule has 1 heterocycles.